The van der Waals surface area contributed by atoms with E-state index in [1.54, 1.807) is 11.6 Å². The first-order valence-corrected chi connectivity index (χ1v) is 9.13. The molecular formula is C21H23N5O2. The molecule has 1 unspecified atom stereocenters. The van der Waals surface area contributed by atoms with Crippen molar-refractivity contribution in [3.8, 4) is 6.07 Å². The monoisotopic (exact) mass is 377 g/mol. The highest BCUT2D eigenvalue weighted by atomic mass is 16.5. The van der Waals surface area contributed by atoms with Crippen LogP contribution >= 0.6 is 0 Å². The Morgan fingerprint density at radius 1 is 1.32 bits per heavy atom. The second kappa shape index (κ2) is 8.63. The van der Waals surface area contributed by atoms with Crippen molar-refractivity contribution in [2.45, 2.75) is 32.8 Å². The lowest BCUT2D eigenvalue weighted by molar-refractivity contribution is -0.121. The highest BCUT2D eigenvalue weighted by molar-refractivity contribution is 5.76. The predicted molar refractivity (Wildman–Crippen MR) is 105 cm³/mol. The summed E-state index contributed by atoms with van der Waals surface area (Å²) in [5.41, 5.74) is 4.71. The summed E-state index contributed by atoms with van der Waals surface area (Å²) < 4.78 is 7.15. The topological polar surface area (TPSA) is 92.3 Å². The number of aryl methyl sites for hydroxylation is 2. The Morgan fingerprint density at radius 3 is 2.75 bits per heavy atom. The van der Waals surface area contributed by atoms with Gasteiger partial charge < -0.3 is 10.1 Å². The number of benzene rings is 1. The normalized spacial score (nSPS) is 11.9. The zero-order chi connectivity index (χ0) is 20.1. The molecule has 2 heterocycles. The molecule has 28 heavy (non-hydrogen) atoms. The predicted octanol–water partition coefficient (Wildman–Crippen LogP) is 2.65. The summed E-state index contributed by atoms with van der Waals surface area (Å²) in [4.78, 5) is 16.9. The van der Waals surface area contributed by atoms with Gasteiger partial charge in [-0.2, -0.15) is 10.4 Å². The lowest BCUT2D eigenvalue weighted by atomic mass is 10.1. The zero-order valence-electron chi connectivity index (χ0n) is 16.3. The number of carbonyl (C=O) groups excluding carboxylic acids is 1. The van der Waals surface area contributed by atoms with E-state index in [9.17, 15) is 4.79 Å². The van der Waals surface area contributed by atoms with E-state index >= 15 is 0 Å². The second-order valence-corrected chi connectivity index (χ2v) is 6.61. The van der Waals surface area contributed by atoms with Crippen LogP contribution in [0.3, 0.4) is 0 Å². The van der Waals surface area contributed by atoms with Crippen LogP contribution in [0.15, 0.2) is 36.5 Å². The Balaban J connectivity index is 1.64. The van der Waals surface area contributed by atoms with E-state index in [1.807, 2.05) is 44.2 Å². The fraction of sp³-hybridized carbons (Fsp3) is 0.333. The molecule has 0 aliphatic rings. The maximum absolute atomic E-state index is 12.4. The number of carbonyl (C=O) groups is 1. The Labute approximate surface area is 164 Å². The molecule has 0 saturated heterocycles. The van der Waals surface area contributed by atoms with Crippen molar-refractivity contribution in [2.75, 3.05) is 13.7 Å². The minimum atomic E-state index is -0.180. The van der Waals surface area contributed by atoms with Crippen LogP contribution in [0, 0.1) is 25.2 Å². The number of nitrogens with one attached hydrogen (secondary N) is 1. The van der Waals surface area contributed by atoms with Crippen molar-refractivity contribution >= 4 is 11.6 Å². The second-order valence-electron chi connectivity index (χ2n) is 6.61. The molecule has 0 radical (unpaired) electrons. The minimum Gasteiger partial charge on any atom is -0.375 e. The Kier molecular flexibility index (Phi) is 6.02. The first kappa shape index (κ1) is 19.5. The molecule has 3 rings (SSSR count). The van der Waals surface area contributed by atoms with Gasteiger partial charge in [0.1, 0.15) is 11.6 Å². The molecule has 1 N–H and O–H groups in total. The lowest BCUT2D eigenvalue weighted by Crippen LogP contribution is -2.29. The van der Waals surface area contributed by atoms with Crippen molar-refractivity contribution in [1.82, 2.24) is 19.9 Å². The van der Waals surface area contributed by atoms with Crippen molar-refractivity contribution in [3.63, 3.8) is 0 Å². The van der Waals surface area contributed by atoms with Crippen LogP contribution in [0.2, 0.25) is 0 Å². The molecule has 7 heteroatoms. The molecule has 1 aromatic carbocycles. The Morgan fingerprint density at radius 2 is 2.07 bits per heavy atom. The third kappa shape index (κ3) is 4.02. The van der Waals surface area contributed by atoms with E-state index in [4.69, 9.17) is 10.00 Å². The fourth-order valence-corrected chi connectivity index (χ4v) is 3.29. The van der Waals surface area contributed by atoms with Crippen LogP contribution in [-0.4, -0.2) is 34.2 Å². The van der Waals surface area contributed by atoms with Gasteiger partial charge in [-0.05, 0) is 31.4 Å². The van der Waals surface area contributed by atoms with E-state index in [0.29, 0.717) is 30.6 Å². The minimum absolute atomic E-state index is 0.0462. The average Bonchev–Trinajstić information content (AvgIpc) is 3.12. The standard InChI is InChI=1S/C21H23N5O2/c1-14-18(15(2)26-21(25-14)17(11-22)12-24-26)9-10-20(27)23-13-19(28-3)16-7-5-4-6-8-16/h4-8,12,19H,9-10,13H2,1-3H3,(H,23,27). The Hall–Kier alpha value is -3.24. The largest absolute Gasteiger partial charge is 0.375 e. The summed E-state index contributed by atoms with van der Waals surface area (Å²) in [7, 11) is 1.64. The third-order valence-corrected chi connectivity index (χ3v) is 4.87. The lowest BCUT2D eigenvalue weighted by Gasteiger charge is -2.17. The molecule has 2 aromatic heterocycles. The van der Waals surface area contributed by atoms with Gasteiger partial charge in [0, 0.05) is 31.5 Å². The molecule has 144 valence electrons. The van der Waals surface area contributed by atoms with Gasteiger partial charge in [-0.3, -0.25) is 4.79 Å². The number of nitriles is 1. The number of methoxy groups -OCH3 is 1. The molecular weight excluding hydrogens is 354 g/mol. The quantitative estimate of drug-likeness (QED) is 0.683. The maximum atomic E-state index is 12.4. The van der Waals surface area contributed by atoms with Crippen molar-refractivity contribution in [1.29, 1.82) is 5.26 Å². The molecule has 0 bridgehead atoms. The number of hydrogen-bond acceptors (Lipinski definition) is 5. The first-order valence-electron chi connectivity index (χ1n) is 9.13. The van der Waals surface area contributed by atoms with Crippen LogP contribution < -0.4 is 5.32 Å². The fourth-order valence-electron chi connectivity index (χ4n) is 3.29. The van der Waals surface area contributed by atoms with Gasteiger partial charge in [0.15, 0.2) is 5.65 Å². The molecule has 0 spiro atoms. The summed E-state index contributed by atoms with van der Waals surface area (Å²) in [5.74, 6) is -0.0462. The smallest absolute Gasteiger partial charge is 0.220 e. The summed E-state index contributed by atoms with van der Waals surface area (Å²) >= 11 is 0. The van der Waals surface area contributed by atoms with Crippen LogP contribution in [0.4, 0.5) is 0 Å². The number of rotatable bonds is 7. The molecule has 0 fully saturated rings. The first-order chi connectivity index (χ1) is 13.5. The Bertz CT molecular complexity index is 1020. The molecule has 1 atom stereocenters. The van der Waals surface area contributed by atoms with E-state index in [-0.39, 0.29) is 12.0 Å². The number of nitrogens with zero attached hydrogens (tertiary/aromatic N) is 4. The van der Waals surface area contributed by atoms with Gasteiger partial charge in [-0.15, -0.1) is 0 Å². The molecule has 1 amide bonds. The molecule has 0 aliphatic heterocycles. The number of hydrogen-bond donors (Lipinski definition) is 1. The number of aromatic nitrogens is 3. The summed E-state index contributed by atoms with van der Waals surface area (Å²) in [6.07, 6.45) is 2.23. The van der Waals surface area contributed by atoms with Crippen LogP contribution in [0.1, 0.15) is 40.6 Å². The average molecular weight is 377 g/mol. The van der Waals surface area contributed by atoms with E-state index in [1.165, 1.54) is 6.20 Å². The van der Waals surface area contributed by atoms with E-state index in [2.05, 4.69) is 21.5 Å². The van der Waals surface area contributed by atoms with Gasteiger partial charge in [-0.1, -0.05) is 30.3 Å². The van der Waals surface area contributed by atoms with Gasteiger partial charge >= 0.3 is 0 Å². The summed E-state index contributed by atoms with van der Waals surface area (Å²) in [6.45, 7) is 4.24. The molecule has 0 saturated carbocycles. The van der Waals surface area contributed by atoms with Gasteiger partial charge in [0.25, 0.3) is 0 Å². The van der Waals surface area contributed by atoms with Crippen molar-refractivity contribution in [3.05, 3.63) is 64.6 Å². The van der Waals surface area contributed by atoms with Gasteiger partial charge in [0.2, 0.25) is 5.91 Å². The van der Waals surface area contributed by atoms with E-state index in [0.717, 1.165) is 22.5 Å². The number of ether oxygens (including phenoxy) is 1. The highest BCUT2D eigenvalue weighted by Gasteiger charge is 2.16. The SMILES string of the molecule is COC(CNC(=O)CCc1c(C)nc2c(C#N)cnn2c1C)c1ccccc1. The molecule has 7 nitrogen and oxygen atoms in total. The number of fused-ring (bicyclic) bond motifs is 1. The van der Waals surface area contributed by atoms with Gasteiger partial charge in [-0.25, -0.2) is 9.50 Å². The van der Waals surface area contributed by atoms with Crippen LogP contribution in [-0.2, 0) is 16.0 Å². The number of amides is 1. The van der Waals surface area contributed by atoms with Gasteiger partial charge in [0.05, 0.1) is 12.3 Å². The molecule has 0 aliphatic carbocycles. The van der Waals surface area contributed by atoms with E-state index < -0.39 is 0 Å². The van der Waals surface area contributed by atoms with Crippen LogP contribution in [0.5, 0.6) is 0 Å². The van der Waals surface area contributed by atoms with Crippen molar-refractivity contribution < 1.29 is 9.53 Å². The summed E-state index contributed by atoms with van der Waals surface area (Å²) in [6, 6.07) is 11.9. The maximum Gasteiger partial charge on any atom is 0.220 e. The zero-order valence-corrected chi connectivity index (χ0v) is 16.3. The molecule has 3 aromatic rings. The summed E-state index contributed by atoms with van der Waals surface area (Å²) in [5, 5.41) is 16.3. The highest BCUT2D eigenvalue weighted by Crippen LogP contribution is 2.18. The van der Waals surface area contributed by atoms with Crippen molar-refractivity contribution in [2.24, 2.45) is 0 Å². The third-order valence-electron chi connectivity index (χ3n) is 4.87. The van der Waals surface area contributed by atoms with Crippen LogP contribution in [0.25, 0.3) is 5.65 Å².